The largest absolute Gasteiger partial charge is 0.404 e. The molecule has 1 aromatic carbocycles. The van der Waals surface area contributed by atoms with Gasteiger partial charge in [0.15, 0.2) is 0 Å². The molecule has 0 atom stereocenters. The highest BCUT2D eigenvalue weighted by Crippen LogP contribution is 2.41. The molecule has 0 bridgehead atoms. The van der Waals surface area contributed by atoms with Gasteiger partial charge in [-0.3, -0.25) is 19.5 Å². The molecule has 2 aromatic heterocycles. The number of aliphatic imine (C=N–C) groups is 1. The summed E-state index contributed by atoms with van der Waals surface area (Å²) in [4.78, 5) is 23.6. The van der Waals surface area contributed by atoms with E-state index in [9.17, 15) is 4.79 Å². The highest BCUT2D eigenvalue weighted by atomic mass is 16.2. The van der Waals surface area contributed by atoms with Crippen molar-refractivity contribution in [3.8, 4) is 11.3 Å². The van der Waals surface area contributed by atoms with Crippen molar-refractivity contribution in [1.82, 2.24) is 25.0 Å². The van der Waals surface area contributed by atoms with Crippen LogP contribution in [0.2, 0.25) is 0 Å². The highest BCUT2D eigenvalue weighted by molar-refractivity contribution is 6.10. The average molecular weight is 512 g/mol. The molecule has 4 heterocycles. The van der Waals surface area contributed by atoms with Crippen molar-refractivity contribution in [1.29, 1.82) is 0 Å². The van der Waals surface area contributed by atoms with E-state index >= 15 is 0 Å². The number of nitrogens with one attached hydrogen (secondary N) is 1. The molecule has 0 radical (unpaired) electrons. The zero-order valence-corrected chi connectivity index (χ0v) is 22.2. The van der Waals surface area contributed by atoms with Gasteiger partial charge in [-0.2, -0.15) is 5.10 Å². The summed E-state index contributed by atoms with van der Waals surface area (Å²) in [6.07, 6.45) is 12.2. The van der Waals surface area contributed by atoms with Crippen LogP contribution >= 0.6 is 0 Å². The summed E-state index contributed by atoms with van der Waals surface area (Å²) < 4.78 is 2.23. The molecule has 3 N–H and O–H groups in total. The lowest BCUT2D eigenvalue weighted by molar-refractivity contribution is -0.129. The van der Waals surface area contributed by atoms with Crippen LogP contribution in [-0.2, 0) is 17.8 Å². The molecule has 3 aromatic rings. The summed E-state index contributed by atoms with van der Waals surface area (Å²) in [7, 11) is 0. The number of nitrogens with zero attached hydrogens (tertiary/aromatic N) is 5. The van der Waals surface area contributed by atoms with Crippen LogP contribution in [-0.4, -0.2) is 58.0 Å². The molecule has 1 saturated heterocycles. The third-order valence-electron chi connectivity index (χ3n) is 8.27. The van der Waals surface area contributed by atoms with E-state index in [0.29, 0.717) is 12.6 Å². The minimum absolute atomic E-state index is 0.114. The third-order valence-corrected chi connectivity index (χ3v) is 8.27. The van der Waals surface area contributed by atoms with E-state index in [1.807, 2.05) is 17.3 Å². The van der Waals surface area contributed by atoms with Crippen LogP contribution in [0.15, 0.2) is 41.7 Å². The van der Waals surface area contributed by atoms with Gasteiger partial charge < -0.3 is 16.0 Å². The zero-order valence-electron chi connectivity index (χ0n) is 22.2. The maximum absolute atomic E-state index is 12.2. The third kappa shape index (κ3) is 4.97. The molecular formula is C30H37N7O. The normalized spacial score (nSPS) is 18.9. The van der Waals surface area contributed by atoms with Gasteiger partial charge in [0.25, 0.3) is 0 Å². The van der Waals surface area contributed by atoms with Gasteiger partial charge >= 0.3 is 0 Å². The second-order valence-corrected chi connectivity index (χ2v) is 10.9. The van der Waals surface area contributed by atoms with Crippen molar-refractivity contribution < 1.29 is 4.79 Å². The van der Waals surface area contributed by atoms with E-state index in [2.05, 4.69) is 39.3 Å². The van der Waals surface area contributed by atoms with Crippen molar-refractivity contribution >= 4 is 28.5 Å². The number of carbonyl (C=O) groups excluding carboxylic acids is 1. The summed E-state index contributed by atoms with van der Waals surface area (Å²) >= 11 is 0. The molecule has 38 heavy (non-hydrogen) atoms. The Morgan fingerprint density at radius 1 is 1.24 bits per heavy atom. The van der Waals surface area contributed by atoms with Crippen LogP contribution in [0.25, 0.3) is 27.6 Å². The summed E-state index contributed by atoms with van der Waals surface area (Å²) in [5.74, 6) is 0.871. The Hall–Kier alpha value is -3.52. The number of allylic oxidation sites excluding steroid dienone is 1. The van der Waals surface area contributed by atoms with Crippen LogP contribution in [0.4, 0.5) is 0 Å². The molecule has 198 valence electrons. The number of pyridine rings is 1. The van der Waals surface area contributed by atoms with Gasteiger partial charge in [-0.05, 0) is 62.6 Å². The molecule has 1 amide bonds. The number of hydrogen-bond acceptors (Lipinski definition) is 6. The number of nitrogens with two attached hydrogens (primary N) is 1. The van der Waals surface area contributed by atoms with E-state index < -0.39 is 0 Å². The first-order valence-corrected chi connectivity index (χ1v) is 14.0. The number of fused-ring (bicyclic) bond motifs is 2. The lowest BCUT2D eigenvalue weighted by atomic mass is 9.95. The fraction of sp³-hybridized carbons (Fsp3) is 0.467. The van der Waals surface area contributed by atoms with Crippen molar-refractivity contribution in [2.24, 2.45) is 16.6 Å². The lowest BCUT2D eigenvalue weighted by Crippen LogP contribution is -2.34. The van der Waals surface area contributed by atoms with E-state index in [1.165, 1.54) is 36.9 Å². The molecule has 3 aliphatic rings. The Morgan fingerprint density at radius 3 is 2.84 bits per heavy atom. The van der Waals surface area contributed by atoms with Gasteiger partial charge in [0, 0.05) is 79.4 Å². The molecular weight excluding hydrogens is 474 g/mol. The number of carbonyl (C=O) groups is 1. The molecule has 1 saturated carbocycles. The van der Waals surface area contributed by atoms with Gasteiger partial charge in [-0.15, -0.1) is 0 Å². The Kier molecular flexibility index (Phi) is 6.98. The fourth-order valence-corrected chi connectivity index (χ4v) is 5.87. The van der Waals surface area contributed by atoms with Crippen molar-refractivity contribution in [2.45, 2.75) is 58.0 Å². The van der Waals surface area contributed by atoms with Crippen LogP contribution in [0, 0.1) is 5.92 Å². The Bertz CT molecular complexity index is 1400. The molecule has 8 nitrogen and oxygen atoms in total. The fourth-order valence-electron chi connectivity index (χ4n) is 5.87. The van der Waals surface area contributed by atoms with Gasteiger partial charge in [0.05, 0.1) is 17.4 Å². The smallest absolute Gasteiger partial charge is 0.219 e. The van der Waals surface area contributed by atoms with Gasteiger partial charge in [-0.25, -0.2) is 0 Å². The predicted molar refractivity (Wildman–Crippen MR) is 152 cm³/mol. The Morgan fingerprint density at radius 2 is 2.08 bits per heavy atom. The highest BCUT2D eigenvalue weighted by Gasteiger charge is 2.33. The van der Waals surface area contributed by atoms with Gasteiger partial charge in [-0.1, -0.05) is 18.2 Å². The van der Waals surface area contributed by atoms with E-state index in [1.54, 1.807) is 13.1 Å². The second-order valence-electron chi connectivity index (χ2n) is 10.9. The standard InChI is InChI=1S/C30H37N7O/c1-20(38)36-14-10-29-27(19-36)30(35-37(29)24-5-6-24)25-4-2-3-22-15-28(34-18-26(22)25)23(16-31)17-33-13-9-21-7-11-32-12-8-21/h2-4,15-18,21,24,32H,5-14,19,31H2,1H3/b23-16+,33-17?. The van der Waals surface area contributed by atoms with E-state index in [0.717, 1.165) is 78.2 Å². The monoisotopic (exact) mass is 511 g/mol. The van der Waals surface area contributed by atoms with Gasteiger partial charge in [0.1, 0.15) is 0 Å². The molecule has 2 aliphatic heterocycles. The summed E-state index contributed by atoms with van der Waals surface area (Å²) in [6, 6.07) is 8.89. The van der Waals surface area contributed by atoms with E-state index in [4.69, 9.17) is 15.8 Å². The van der Waals surface area contributed by atoms with Crippen LogP contribution < -0.4 is 11.1 Å². The number of hydrogen-bond donors (Lipinski definition) is 2. The summed E-state index contributed by atoms with van der Waals surface area (Å²) in [5, 5.41) is 10.7. The van der Waals surface area contributed by atoms with Crippen molar-refractivity contribution in [3.05, 3.63) is 53.6 Å². The first-order valence-electron chi connectivity index (χ1n) is 14.0. The quantitative estimate of drug-likeness (QED) is 0.465. The van der Waals surface area contributed by atoms with Crippen molar-refractivity contribution in [3.63, 3.8) is 0 Å². The number of piperidine rings is 1. The van der Waals surface area contributed by atoms with Gasteiger partial charge in [0.2, 0.25) is 5.91 Å². The Balaban J connectivity index is 1.28. The first kappa shape index (κ1) is 24.8. The lowest BCUT2D eigenvalue weighted by Gasteiger charge is -2.27. The minimum Gasteiger partial charge on any atom is -0.404 e. The topological polar surface area (TPSA) is 101 Å². The molecule has 8 heteroatoms. The summed E-state index contributed by atoms with van der Waals surface area (Å²) in [6.45, 7) is 6.06. The van der Waals surface area contributed by atoms with E-state index in [-0.39, 0.29) is 5.91 Å². The maximum atomic E-state index is 12.2. The molecule has 0 unspecified atom stereocenters. The molecule has 1 aliphatic carbocycles. The first-order chi connectivity index (χ1) is 18.6. The number of aromatic nitrogens is 3. The number of amides is 1. The molecule has 6 rings (SSSR count). The summed E-state index contributed by atoms with van der Waals surface area (Å²) in [5.41, 5.74) is 12.2. The Labute approximate surface area is 224 Å². The second kappa shape index (κ2) is 10.7. The van der Waals surface area contributed by atoms with Crippen LogP contribution in [0.3, 0.4) is 0 Å². The number of benzene rings is 1. The number of rotatable bonds is 7. The predicted octanol–water partition coefficient (Wildman–Crippen LogP) is 4.10. The van der Waals surface area contributed by atoms with Crippen LogP contribution in [0.1, 0.15) is 62.0 Å². The maximum Gasteiger partial charge on any atom is 0.219 e. The minimum atomic E-state index is 0.114. The molecule has 2 fully saturated rings. The SMILES string of the molecule is CC(=O)N1CCc2c(c(-c3cccc4cc(/C(C=NCCC5CCNCC5)=C/N)ncc34)nn2C2CC2)C1. The average Bonchev–Trinajstić information content (AvgIpc) is 3.73. The van der Waals surface area contributed by atoms with Crippen molar-refractivity contribution in [2.75, 3.05) is 26.2 Å². The molecule has 0 spiro atoms. The van der Waals surface area contributed by atoms with Crippen LogP contribution in [0.5, 0.6) is 0 Å². The zero-order chi connectivity index (χ0) is 26.1.